The van der Waals surface area contributed by atoms with E-state index in [1.807, 2.05) is 41.3 Å². The highest BCUT2D eigenvalue weighted by molar-refractivity contribution is 5.96. The number of carbonyl (C=O) groups is 1. The second kappa shape index (κ2) is 8.12. The van der Waals surface area contributed by atoms with Crippen LogP contribution >= 0.6 is 0 Å². The van der Waals surface area contributed by atoms with Crippen molar-refractivity contribution in [3.8, 4) is 17.0 Å². The number of aliphatic hydroxyl groups is 1. The van der Waals surface area contributed by atoms with Crippen molar-refractivity contribution in [3.63, 3.8) is 0 Å². The van der Waals surface area contributed by atoms with E-state index in [0.29, 0.717) is 11.3 Å². The summed E-state index contributed by atoms with van der Waals surface area (Å²) in [6, 6.07) is 11.4. The van der Waals surface area contributed by atoms with Crippen LogP contribution in [0.25, 0.3) is 11.3 Å². The number of aromatic nitrogens is 1. The fourth-order valence-electron chi connectivity index (χ4n) is 3.46. The van der Waals surface area contributed by atoms with Crippen molar-refractivity contribution in [2.24, 2.45) is 0 Å². The molecule has 1 aromatic heterocycles. The van der Waals surface area contributed by atoms with Gasteiger partial charge < -0.3 is 14.7 Å². The molecule has 1 fully saturated rings. The number of rotatable bonds is 6. The Kier molecular flexibility index (Phi) is 5.66. The Morgan fingerprint density at radius 2 is 2.24 bits per heavy atom. The van der Waals surface area contributed by atoms with E-state index >= 15 is 0 Å². The molecule has 0 saturated carbocycles. The minimum absolute atomic E-state index is 0.0419. The van der Waals surface area contributed by atoms with E-state index in [-0.39, 0.29) is 18.6 Å². The first-order valence-electron chi connectivity index (χ1n) is 8.76. The van der Waals surface area contributed by atoms with Gasteiger partial charge in [-0.25, -0.2) is 0 Å². The molecule has 1 unspecified atom stereocenters. The van der Waals surface area contributed by atoms with Crippen LogP contribution in [0.3, 0.4) is 0 Å². The second-order valence-electron chi connectivity index (χ2n) is 6.29. The number of aliphatic hydroxyl groups excluding tert-OH is 1. The molecule has 0 radical (unpaired) electrons. The van der Waals surface area contributed by atoms with Gasteiger partial charge in [0.25, 0.3) is 5.91 Å². The lowest BCUT2D eigenvalue weighted by atomic mass is 10.0. The zero-order chi connectivity index (χ0) is 17.6. The second-order valence-corrected chi connectivity index (χ2v) is 6.29. The zero-order valence-electron chi connectivity index (χ0n) is 14.5. The monoisotopic (exact) mass is 340 g/mol. The topological polar surface area (TPSA) is 62.7 Å². The Morgan fingerprint density at radius 1 is 1.36 bits per heavy atom. The third-order valence-electron chi connectivity index (χ3n) is 4.72. The Hall–Kier alpha value is -2.40. The van der Waals surface area contributed by atoms with Gasteiger partial charge in [-0.05, 0) is 56.0 Å². The van der Waals surface area contributed by atoms with E-state index in [9.17, 15) is 4.79 Å². The van der Waals surface area contributed by atoms with Gasteiger partial charge in [-0.3, -0.25) is 9.78 Å². The van der Waals surface area contributed by atoms with E-state index < -0.39 is 0 Å². The van der Waals surface area contributed by atoms with Gasteiger partial charge in [-0.2, -0.15) is 0 Å². The summed E-state index contributed by atoms with van der Waals surface area (Å²) >= 11 is 0. The number of ether oxygens (including phenoxy) is 1. The molecule has 0 aliphatic carbocycles. The third kappa shape index (κ3) is 3.82. The van der Waals surface area contributed by atoms with Crippen molar-refractivity contribution in [2.75, 3.05) is 20.3 Å². The molecule has 1 atom stereocenters. The van der Waals surface area contributed by atoms with Gasteiger partial charge in [-0.1, -0.05) is 6.07 Å². The first kappa shape index (κ1) is 17.4. The van der Waals surface area contributed by atoms with Gasteiger partial charge in [0.05, 0.1) is 12.8 Å². The summed E-state index contributed by atoms with van der Waals surface area (Å²) in [4.78, 5) is 19.3. The average molecular weight is 340 g/mol. The Labute approximate surface area is 148 Å². The molecule has 1 aliphatic rings. The molecule has 2 heterocycles. The molecule has 1 N–H and O–H groups in total. The van der Waals surface area contributed by atoms with Gasteiger partial charge in [0, 0.05) is 36.5 Å². The summed E-state index contributed by atoms with van der Waals surface area (Å²) in [5, 5.41) is 9.06. The van der Waals surface area contributed by atoms with E-state index in [2.05, 4.69) is 4.98 Å². The predicted molar refractivity (Wildman–Crippen MR) is 96.6 cm³/mol. The highest BCUT2D eigenvalue weighted by Gasteiger charge is 2.29. The minimum Gasteiger partial charge on any atom is -0.496 e. The van der Waals surface area contributed by atoms with Crippen LogP contribution < -0.4 is 4.74 Å². The quantitative estimate of drug-likeness (QED) is 0.877. The maximum atomic E-state index is 13.0. The number of nitrogens with zero attached hydrogens (tertiary/aromatic N) is 2. The third-order valence-corrected chi connectivity index (χ3v) is 4.72. The van der Waals surface area contributed by atoms with Crippen LogP contribution in [0.4, 0.5) is 0 Å². The summed E-state index contributed by atoms with van der Waals surface area (Å²) in [5.74, 6) is 0.744. The largest absolute Gasteiger partial charge is 0.496 e. The lowest BCUT2D eigenvalue weighted by Gasteiger charge is -2.25. The van der Waals surface area contributed by atoms with Crippen molar-refractivity contribution in [1.29, 1.82) is 0 Å². The summed E-state index contributed by atoms with van der Waals surface area (Å²) < 4.78 is 5.44. The van der Waals surface area contributed by atoms with E-state index in [0.717, 1.165) is 43.5 Å². The van der Waals surface area contributed by atoms with Crippen LogP contribution in [0, 0.1) is 0 Å². The summed E-state index contributed by atoms with van der Waals surface area (Å²) in [5.41, 5.74) is 2.25. The van der Waals surface area contributed by atoms with E-state index in [1.54, 1.807) is 13.3 Å². The maximum Gasteiger partial charge on any atom is 0.254 e. The molecular weight excluding hydrogens is 316 g/mol. The van der Waals surface area contributed by atoms with E-state index in [4.69, 9.17) is 9.84 Å². The highest BCUT2D eigenvalue weighted by atomic mass is 16.5. The van der Waals surface area contributed by atoms with Crippen LogP contribution in [0.5, 0.6) is 5.75 Å². The molecule has 1 aromatic carbocycles. The first-order chi connectivity index (χ1) is 12.2. The lowest BCUT2D eigenvalue weighted by Crippen LogP contribution is -2.35. The molecule has 25 heavy (non-hydrogen) atoms. The van der Waals surface area contributed by atoms with Crippen LogP contribution in [-0.4, -0.2) is 47.2 Å². The lowest BCUT2D eigenvalue weighted by molar-refractivity contribution is 0.0724. The smallest absolute Gasteiger partial charge is 0.254 e. The Morgan fingerprint density at radius 3 is 2.96 bits per heavy atom. The number of amides is 1. The molecule has 5 nitrogen and oxygen atoms in total. The number of hydrogen-bond acceptors (Lipinski definition) is 4. The van der Waals surface area contributed by atoms with Crippen molar-refractivity contribution in [2.45, 2.75) is 31.7 Å². The predicted octanol–water partition coefficient (Wildman–Crippen LogP) is 3.13. The van der Waals surface area contributed by atoms with Gasteiger partial charge >= 0.3 is 0 Å². The van der Waals surface area contributed by atoms with E-state index in [1.165, 1.54) is 0 Å². The maximum absolute atomic E-state index is 13.0. The zero-order valence-corrected chi connectivity index (χ0v) is 14.5. The van der Waals surface area contributed by atoms with Gasteiger partial charge in [-0.15, -0.1) is 0 Å². The fraction of sp³-hybridized carbons (Fsp3) is 0.400. The molecule has 0 bridgehead atoms. The number of benzene rings is 1. The summed E-state index contributed by atoms with van der Waals surface area (Å²) in [7, 11) is 1.62. The molecule has 3 rings (SSSR count). The molecular formula is C20H24N2O3. The van der Waals surface area contributed by atoms with Crippen molar-refractivity contribution < 1.29 is 14.6 Å². The van der Waals surface area contributed by atoms with Crippen molar-refractivity contribution in [3.05, 3.63) is 48.2 Å². The number of carbonyl (C=O) groups excluding carboxylic acids is 1. The van der Waals surface area contributed by atoms with Gasteiger partial charge in [0.2, 0.25) is 0 Å². The number of likely N-dealkylation sites (tertiary alicyclic amines) is 1. The fourth-order valence-corrected chi connectivity index (χ4v) is 3.46. The Balaban J connectivity index is 1.88. The Bertz CT molecular complexity index is 718. The summed E-state index contributed by atoms with van der Waals surface area (Å²) in [6.07, 6.45) is 5.34. The molecule has 1 saturated heterocycles. The highest BCUT2D eigenvalue weighted by Crippen LogP contribution is 2.31. The molecule has 1 amide bonds. The standard InChI is InChI=1S/C20H24N2O3/c1-25-19-10-9-15(14-17(19)18-8-2-3-11-21-18)20(24)22-12-4-6-16(22)7-5-13-23/h2-3,8-11,14,16,23H,4-7,12-13H2,1H3. The van der Waals surface area contributed by atoms with Crippen LogP contribution in [0.2, 0.25) is 0 Å². The van der Waals surface area contributed by atoms with Crippen molar-refractivity contribution >= 4 is 5.91 Å². The number of hydrogen-bond donors (Lipinski definition) is 1. The molecule has 1 aliphatic heterocycles. The van der Waals surface area contributed by atoms with Gasteiger partial charge in [0.15, 0.2) is 0 Å². The number of pyridine rings is 1. The molecule has 2 aromatic rings. The van der Waals surface area contributed by atoms with Gasteiger partial charge in [0.1, 0.15) is 5.75 Å². The van der Waals surface area contributed by atoms with Crippen LogP contribution in [-0.2, 0) is 0 Å². The SMILES string of the molecule is COc1ccc(C(=O)N2CCCC2CCCO)cc1-c1ccccn1. The minimum atomic E-state index is 0.0419. The number of methoxy groups -OCH3 is 1. The first-order valence-corrected chi connectivity index (χ1v) is 8.76. The normalized spacial score (nSPS) is 16.9. The molecule has 0 spiro atoms. The van der Waals surface area contributed by atoms with Crippen LogP contribution in [0.15, 0.2) is 42.6 Å². The molecule has 132 valence electrons. The molecule has 5 heteroatoms. The van der Waals surface area contributed by atoms with Crippen molar-refractivity contribution in [1.82, 2.24) is 9.88 Å². The average Bonchev–Trinajstić information content (AvgIpc) is 3.14. The summed E-state index contributed by atoms with van der Waals surface area (Å²) in [6.45, 7) is 0.949. The van der Waals surface area contributed by atoms with Crippen LogP contribution in [0.1, 0.15) is 36.0 Å².